The number of aromatic nitrogens is 1. The van der Waals surface area contributed by atoms with Gasteiger partial charge in [0.2, 0.25) is 0 Å². The number of nitrogens with zero attached hydrogens (tertiary/aromatic N) is 1. The number of hydrogen-bond acceptors (Lipinski definition) is 2. The molecule has 1 aromatic rings. The van der Waals surface area contributed by atoms with E-state index in [9.17, 15) is 13.6 Å². The van der Waals surface area contributed by atoms with Crippen LogP contribution in [-0.2, 0) is 11.8 Å². The standard InChI is InChI=1S/C9H7BrF2N2O/c10-3-5-7(1-2-13)14-4-6(8(5)15)9(11)12/h4,9H,1,3H2,(H,14,15). The van der Waals surface area contributed by atoms with Crippen molar-refractivity contribution in [3.8, 4) is 6.07 Å². The van der Waals surface area contributed by atoms with Gasteiger partial charge in [-0.1, -0.05) is 15.9 Å². The van der Waals surface area contributed by atoms with E-state index in [1.165, 1.54) is 0 Å². The van der Waals surface area contributed by atoms with Gasteiger partial charge in [0, 0.05) is 22.8 Å². The van der Waals surface area contributed by atoms with Crippen LogP contribution >= 0.6 is 15.9 Å². The Morgan fingerprint density at radius 3 is 2.73 bits per heavy atom. The molecule has 0 atom stereocenters. The average molecular weight is 277 g/mol. The molecular weight excluding hydrogens is 270 g/mol. The number of H-pyrrole nitrogens is 1. The second-order valence-electron chi connectivity index (χ2n) is 2.80. The van der Waals surface area contributed by atoms with Crippen LogP contribution in [0.25, 0.3) is 0 Å². The van der Waals surface area contributed by atoms with Crippen LogP contribution in [0.1, 0.15) is 23.2 Å². The van der Waals surface area contributed by atoms with Crippen molar-refractivity contribution < 1.29 is 8.78 Å². The van der Waals surface area contributed by atoms with Crippen molar-refractivity contribution in [1.82, 2.24) is 4.98 Å². The Hall–Kier alpha value is -1.22. The van der Waals surface area contributed by atoms with E-state index in [-0.39, 0.29) is 17.3 Å². The Balaban J connectivity index is 3.34. The summed E-state index contributed by atoms with van der Waals surface area (Å²) in [5.74, 6) is 0. The van der Waals surface area contributed by atoms with E-state index in [1.54, 1.807) is 0 Å². The third-order valence-electron chi connectivity index (χ3n) is 1.93. The first-order valence-corrected chi connectivity index (χ1v) is 5.18. The van der Waals surface area contributed by atoms with Crippen LogP contribution in [0.5, 0.6) is 0 Å². The summed E-state index contributed by atoms with van der Waals surface area (Å²) in [5, 5.41) is 8.63. The molecule has 0 bridgehead atoms. The smallest absolute Gasteiger partial charge is 0.269 e. The number of halogens is 3. The SMILES string of the molecule is N#CCc1[nH]cc(C(F)F)c(=O)c1CBr. The largest absolute Gasteiger partial charge is 0.363 e. The van der Waals surface area contributed by atoms with Crippen LogP contribution in [0.4, 0.5) is 8.78 Å². The normalized spacial score (nSPS) is 10.3. The van der Waals surface area contributed by atoms with Crippen LogP contribution in [-0.4, -0.2) is 4.98 Å². The summed E-state index contributed by atoms with van der Waals surface area (Å²) in [6.45, 7) is 0. The van der Waals surface area contributed by atoms with Crippen molar-refractivity contribution in [2.45, 2.75) is 18.2 Å². The van der Waals surface area contributed by atoms with E-state index in [4.69, 9.17) is 5.26 Å². The van der Waals surface area contributed by atoms with Crippen LogP contribution < -0.4 is 5.43 Å². The molecule has 6 heteroatoms. The van der Waals surface area contributed by atoms with Gasteiger partial charge in [-0.3, -0.25) is 4.79 Å². The Kier molecular flexibility index (Phi) is 3.97. The molecule has 0 saturated carbocycles. The predicted molar refractivity (Wildman–Crippen MR) is 54.0 cm³/mol. The van der Waals surface area contributed by atoms with E-state index in [1.807, 2.05) is 6.07 Å². The number of nitriles is 1. The van der Waals surface area contributed by atoms with Crippen molar-refractivity contribution >= 4 is 15.9 Å². The molecule has 0 saturated heterocycles. The fraction of sp³-hybridized carbons (Fsp3) is 0.333. The summed E-state index contributed by atoms with van der Waals surface area (Å²) in [6, 6.07) is 1.86. The lowest BCUT2D eigenvalue weighted by atomic mass is 10.1. The lowest BCUT2D eigenvalue weighted by Gasteiger charge is -2.05. The highest BCUT2D eigenvalue weighted by Crippen LogP contribution is 2.16. The van der Waals surface area contributed by atoms with E-state index < -0.39 is 17.4 Å². The summed E-state index contributed by atoms with van der Waals surface area (Å²) < 4.78 is 24.7. The molecule has 0 unspecified atom stereocenters. The maximum absolute atomic E-state index is 12.4. The lowest BCUT2D eigenvalue weighted by molar-refractivity contribution is 0.149. The van der Waals surface area contributed by atoms with Gasteiger partial charge in [-0.2, -0.15) is 5.26 Å². The van der Waals surface area contributed by atoms with Crippen molar-refractivity contribution in [3.05, 3.63) is 33.2 Å². The fourth-order valence-electron chi connectivity index (χ4n) is 1.17. The van der Waals surface area contributed by atoms with Gasteiger partial charge in [-0.15, -0.1) is 0 Å². The van der Waals surface area contributed by atoms with Gasteiger partial charge >= 0.3 is 0 Å². The Morgan fingerprint density at radius 1 is 1.60 bits per heavy atom. The van der Waals surface area contributed by atoms with E-state index >= 15 is 0 Å². The molecule has 0 amide bonds. The van der Waals surface area contributed by atoms with Crippen LogP contribution in [0.2, 0.25) is 0 Å². The molecule has 1 N–H and O–H groups in total. The molecule has 0 aliphatic carbocycles. The highest BCUT2D eigenvalue weighted by molar-refractivity contribution is 9.08. The van der Waals surface area contributed by atoms with Gasteiger partial charge in [0.05, 0.1) is 18.1 Å². The Bertz CT molecular complexity index is 450. The zero-order chi connectivity index (χ0) is 11.4. The first kappa shape index (κ1) is 11.9. The third-order valence-corrected chi connectivity index (χ3v) is 2.49. The van der Waals surface area contributed by atoms with E-state index in [0.717, 1.165) is 6.20 Å². The summed E-state index contributed by atoms with van der Waals surface area (Å²) in [4.78, 5) is 14.0. The van der Waals surface area contributed by atoms with Crippen LogP contribution in [0.3, 0.4) is 0 Å². The maximum Gasteiger partial charge on any atom is 0.269 e. The molecule has 0 fully saturated rings. The second-order valence-corrected chi connectivity index (χ2v) is 3.36. The van der Waals surface area contributed by atoms with Gasteiger partial charge in [-0.05, 0) is 0 Å². The van der Waals surface area contributed by atoms with Gasteiger partial charge in [0.25, 0.3) is 6.43 Å². The predicted octanol–water partition coefficient (Wildman–Crippen LogP) is 2.27. The number of pyridine rings is 1. The van der Waals surface area contributed by atoms with Crippen molar-refractivity contribution in [3.63, 3.8) is 0 Å². The lowest BCUT2D eigenvalue weighted by Crippen LogP contribution is -2.17. The van der Waals surface area contributed by atoms with Crippen molar-refractivity contribution in [1.29, 1.82) is 5.26 Å². The molecule has 15 heavy (non-hydrogen) atoms. The maximum atomic E-state index is 12.4. The summed E-state index contributed by atoms with van der Waals surface area (Å²) in [7, 11) is 0. The number of hydrogen-bond donors (Lipinski definition) is 1. The van der Waals surface area contributed by atoms with Crippen molar-refractivity contribution in [2.75, 3.05) is 0 Å². The molecular formula is C9H7BrF2N2O. The molecule has 0 spiro atoms. The first-order valence-electron chi connectivity index (χ1n) is 4.06. The number of rotatable bonds is 3. The molecule has 0 aliphatic heterocycles. The zero-order valence-electron chi connectivity index (χ0n) is 7.56. The molecule has 1 heterocycles. The third kappa shape index (κ3) is 2.42. The molecule has 0 aromatic carbocycles. The summed E-state index contributed by atoms with van der Waals surface area (Å²) in [5.41, 5.74) is -0.699. The minimum absolute atomic E-state index is 0.000306. The number of aromatic amines is 1. The monoisotopic (exact) mass is 276 g/mol. The Morgan fingerprint density at radius 2 is 2.27 bits per heavy atom. The molecule has 0 radical (unpaired) electrons. The number of alkyl halides is 3. The molecule has 1 aromatic heterocycles. The van der Waals surface area contributed by atoms with Crippen LogP contribution in [0, 0.1) is 11.3 Å². The second kappa shape index (κ2) is 5.03. The minimum atomic E-state index is -2.80. The minimum Gasteiger partial charge on any atom is -0.363 e. The average Bonchev–Trinajstić information content (AvgIpc) is 2.18. The van der Waals surface area contributed by atoms with Gasteiger partial charge in [0.15, 0.2) is 5.43 Å². The van der Waals surface area contributed by atoms with Gasteiger partial charge < -0.3 is 4.98 Å². The van der Waals surface area contributed by atoms with E-state index in [0.29, 0.717) is 5.69 Å². The van der Waals surface area contributed by atoms with Crippen LogP contribution in [0.15, 0.2) is 11.0 Å². The molecule has 80 valence electrons. The zero-order valence-corrected chi connectivity index (χ0v) is 9.14. The van der Waals surface area contributed by atoms with Gasteiger partial charge in [-0.25, -0.2) is 8.78 Å². The highest BCUT2D eigenvalue weighted by Gasteiger charge is 2.16. The fourth-order valence-corrected chi connectivity index (χ4v) is 1.76. The highest BCUT2D eigenvalue weighted by atomic mass is 79.9. The summed E-state index contributed by atoms with van der Waals surface area (Å²) in [6.07, 6.45) is -1.84. The summed E-state index contributed by atoms with van der Waals surface area (Å²) >= 11 is 3.04. The Labute approximate surface area is 92.9 Å². The quantitative estimate of drug-likeness (QED) is 0.861. The topological polar surface area (TPSA) is 56.6 Å². The van der Waals surface area contributed by atoms with Gasteiger partial charge in [0.1, 0.15) is 0 Å². The molecule has 3 nitrogen and oxygen atoms in total. The number of nitrogens with one attached hydrogen (secondary N) is 1. The van der Waals surface area contributed by atoms with E-state index in [2.05, 4.69) is 20.9 Å². The van der Waals surface area contributed by atoms with Crippen molar-refractivity contribution in [2.24, 2.45) is 0 Å². The molecule has 1 rings (SSSR count). The first-order chi connectivity index (χ1) is 7.11. The molecule has 0 aliphatic rings.